The SMILES string of the molecule is NCOC(=O)CCCC(c1ccccc1)c1ccccc1. The van der Waals surface area contributed by atoms with Crippen molar-refractivity contribution in [1.29, 1.82) is 0 Å². The molecular formula is C18H21NO2. The van der Waals surface area contributed by atoms with E-state index in [1.54, 1.807) is 0 Å². The normalized spacial score (nSPS) is 10.6. The highest BCUT2D eigenvalue weighted by molar-refractivity contribution is 5.69. The van der Waals surface area contributed by atoms with Gasteiger partial charge in [0.15, 0.2) is 0 Å². The highest BCUT2D eigenvalue weighted by atomic mass is 16.5. The molecule has 0 saturated carbocycles. The molecule has 0 atom stereocenters. The van der Waals surface area contributed by atoms with Crippen molar-refractivity contribution >= 4 is 5.97 Å². The standard InChI is InChI=1S/C18H21NO2/c19-14-21-18(20)13-7-12-17(15-8-3-1-4-9-15)16-10-5-2-6-11-16/h1-6,8-11,17H,7,12-14,19H2. The zero-order valence-corrected chi connectivity index (χ0v) is 12.1. The molecule has 0 saturated heterocycles. The predicted molar refractivity (Wildman–Crippen MR) is 83.7 cm³/mol. The predicted octanol–water partition coefficient (Wildman–Crippen LogP) is 3.45. The number of esters is 1. The molecule has 0 aliphatic rings. The molecule has 0 aliphatic heterocycles. The van der Waals surface area contributed by atoms with Gasteiger partial charge in [-0.1, -0.05) is 60.7 Å². The van der Waals surface area contributed by atoms with E-state index < -0.39 is 0 Å². The van der Waals surface area contributed by atoms with E-state index in [-0.39, 0.29) is 12.7 Å². The molecular weight excluding hydrogens is 262 g/mol. The van der Waals surface area contributed by atoms with E-state index in [1.165, 1.54) is 11.1 Å². The van der Waals surface area contributed by atoms with Gasteiger partial charge in [-0.25, -0.2) is 0 Å². The molecule has 2 aromatic carbocycles. The molecule has 21 heavy (non-hydrogen) atoms. The van der Waals surface area contributed by atoms with Crippen LogP contribution in [0.15, 0.2) is 60.7 Å². The fourth-order valence-corrected chi connectivity index (χ4v) is 2.51. The lowest BCUT2D eigenvalue weighted by Gasteiger charge is -2.18. The summed E-state index contributed by atoms with van der Waals surface area (Å²) in [4.78, 5) is 11.4. The molecule has 110 valence electrons. The molecule has 0 spiro atoms. The highest BCUT2D eigenvalue weighted by Gasteiger charge is 2.14. The third-order valence-corrected chi connectivity index (χ3v) is 3.52. The number of hydrogen-bond donors (Lipinski definition) is 1. The number of nitrogens with two attached hydrogens (primary N) is 1. The van der Waals surface area contributed by atoms with Crippen molar-refractivity contribution in [3.8, 4) is 0 Å². The molecule has 0 unspecified atom stereocenters. The fraction of sp³-hybridized carbons (Fsp3) is 0.278. The molecule has 3 nitrogen and oxygen atoms in total. The van der Waals surface area contributed by atoms with E-state index in [0.717, 1.165) is 12.8 Å². The Morgan fingerprint density at radius 1 is 0.952 bits per heavy atom. The van der Waals surface area contributed by atoms with Gasteiger partial charge in [0.05, 0.1) is 0 Å². The smallest absolute Gasteiger partial charge is 0.307 e. The first kappa shape index (κ1) is 15.3. The maximum Gasteiger partial charge on any atom is 0.307 e. The number of carbonyl (C=O) groups is 1. The van der Waals surface area contributed by atoms with Crippen molar-refractivity contribution in [2.75, 3.05) is 6.73 Å². The maximum atomic E-state index is 11.4. The van der Waals surface area contributed by atoms with Gasteiger partial charge in [-0.05, 0) is 24.0 Å². The van der Waals surface area contributed by atoms with Gasteiger partial charge >= 0.3 is 5.97 Å². The molecule has 2 N–H and O–H groups in total. The zero-order valence-electron chi connectivity index (χ0n) is 12.1. The quantitative estimate of drug-likeness (QED) is 0.625. The summed E-state index contributed by atoms with van der Waals surface area (Å²) in [6.45, 7) is -0.0420. The van der Waals surface area contributed by atoms with Crippen LogP contribution in [0.4, 0.5) is 0 Å². The van der Waals surface area contributed by atoms with E-state index in [0.29, 0.717) is 12.3 Å². The van der Waals surface area contributed by atoms with Crippen LogP contribution in [0.25, 0.3) is 0 Å². The van der Waals surface area contributed by atoms with Gasteiger partial charge in [-0.2, -0.15) is 0 Å². The van der Waals surface area contributed by atoms with Crippen LogP contribution in [-0.4, -0.2) is 12.7 Å². The summed E-state index contributed by atoms with van der Waals surface area (Å²) in [5.74, 6) is 0.0791. The van der Waals surface area contributed by atoms with Crippen molar-refractivity contribution in [2.45, 2.75) is 25.2 Å². The van der Waals surface area contributed by atoms with Crippen molar-refractivity contribution in [3.05, 3.63) is 71.8 Å². The lowest BCUT2D eigenvalue weighted by Crippen LogP contribution is -2.12. The van der Waals surface area contributed by atoms with E-state index in [2.05, 4.69) is 24.3 Å². The van der Waals surface area contributed by atoms with Crippen LogP contribution in [-0.2, 0) is 9.53 Å². The zero-order chi connectivity index (χ0) is 14.9. The summed E-state index contributed by atoms with van der Waals surface area (Å²) in [5.41, 5.74) is 7.75. The molecule has 2 rings (SSSR count). The lowest BCUT2D eigenvalue weighted by atomic mass is 9.87. The van der Waals surface area contributed by atoms with Crippen LogP contribution >= 0.6 is 0 Å². The Hall–Kier alpha value is -2.13. The van der Waals surface area contributed by atoms with Gasteiger partial charge in [0.1, 0.15) is 6.73 Å². The number of benzene rings is 2. The Morgan fingerprint density at radius 3 is 1.95 bits per heavy atom. The van der Waals surface area contributed by atoms with E-state index in [4.69, 9.17) is 10.5 Å². The second-order valence-corrected chi connectivity index (χ2v) is 4.95. The highest BCUT2D eigenvalue weighted by Crippen LogP contribution is 2.29. The third kappa shape index (κ3) is 4.72. The third-order valence-electron chi connectivity index (χ3n) is 3.52. The minimum atomic E-state index is -0.225. The summed E-state index contributed by atoms with van der Waals surface area (Å²) in [6, 6.07) is 20.8. The first-order chi connectivity index (χ1) is 10.3. The summed E-state index contributed by atoms with van der Waals surface area (Å²) in [5, 5.41) is 0. The van der Waals surface area contributed by atoms with E-state index >= 15 is 0 Å². The van der Waals surface area contributed by atoms with Crippen LogP contribution in [0, 0.1) is 0 Å². The first-order valence-corrected chi connectivity index (χ1v) is 7.27. The van der Waals surface area contributed by atoms with Gasteiger partial charge in [0.25, 0.3) is 0 Å². The van der Waals surface area contributed by atoms with Gasteiger partial charge in [-0.15, -0.1) is 0 Å². The van der Waals surface area contributed by atoms with E-state index in [9.17, 15) is 4.79 Å². The van der Waals surface area contributed by atoms with Gasteiger partial charge < -0.3 is 4.74 Å². The molecule has 0 fully saturated rings. The lowest BCUT2D eigenvalue weighted by molar-refractivity contribution is -0.143. The Labute approximate surface area is 125 Å². The van der Waals surface area contributed by atoms with Crippen molar-refractivity contribution in [3.63, 3.8) is 0 Å². The van der Waals surface area contributed by atoms with Gasteiger partial charge in [0, 0.05) is 12.3 Å². The Morgan fingerprint density at radius 2 is 1.48 bits per heavy atom. The minimum absolute atomic E-state index is 0.0420. The molecule has 0 aliphatic carbocycles. The van der Waals surface area contributed by atoms with Gasteiger partial charge in [0.2, 0.25) is 0 Å². The minimum Gasteiger partial charge on any atom is -0.450 e. The maximum absolute atomic E-state index is 11.4. The van der Waals surface area contributed by atoms with Crippen molar-refractivity contribution < 1.29 is 9.53 Å². The molecule has 0 bridgehead atoms. The average molecular weight is 283 g/mol. The van der Waals surface area contributed by atoms with E-state index in [1.807, 2.05) is 36.4 Å². The fourth-order valence-electron chi connectivity index (χ4n) is 2.51. The molecule has 0 amide bonds. The summed E-state index contributed by atoms with van der Waals surface area (Å²) in [7, 11) is 0. The van der Waals surface area contributed by atoms with Crippen LogP contribution in [0.3, 0.4) is 0 Å². The first-order valence-electron chi connectivity index (χ1n) is 7.27. The number of ether oxygens (including phenoxy) is 1. The number of hydrogen-bond acceptors (Lipinski definition) is 3. The molecule has 2 aromatic rings. The Bertz CT molecular complexity index is 500. The van der Waals surface area contributed by atoms with Crippen LogP contribution in [0.5, 0.6) is 0 Å². The average Bonchev–Trinajstić information content (AvgIpc) is 2.53. The second kappa shape index (κ2) is 8.22. The summed E-state index contributed by atoms with van der Waals surface area (Å²) in [6.07, 6.45) is 2.11. The Kier molecular flexibility index (Phi) is 5.98. The number of carbonyl (C=O) groups excluding carboxylic acids is 1. The monoisotopic (exact) mass is 283 g/mol. The Balaban J connectivity index is 2.05. The molecule has 0 radical (unpaired) electrons. The van der Waals surface area contributed by atoms with Crippen LogP contribution in [0.1, 0.15) is 36.3 Å². The van der Waals surface area contributed by atoms with Crippen LogP contribution < -0.4 is 5.73 Å². The topological polar surface area (TPSA) is 52.3 Å². The largest absolute Gasteiger partial charge is 0.450 e. The van der Waals surface area contributed by atoms with Gasteiger partial charge in [-0.3, -0.25) is 10.5 Å². The van der Waals surface area contributed by atoms with Crippen LogP contribution in [0.2, 0.25) is 0 Å². The molecule has 0 heterocycles. The van der Waals surface area contributed by atoms with Crippen molar-refractivity contribution in [2.24, 2.45) is 5.73 Å². The second-order valence-electron chi connectivity index (χ2n) is 4.95. The summed E-state index contributed by atoms with van der Waals surface area (Å²) < 4.78 is 4.77. The number of rotatable bonds is 7. The summed E-state index contributed by atoms with van der Waals surface area (Å²) >= 11 is 0. The van der Waals surface area contributed by atoms with Crippen molar-refractivity contribution in [1.82, 2.24) is 0 Å². The molecule has 3 heteroatoms. The molecule has 0 aromatic heterocycles.